The highest BCUT2D eigenvalue weighted by molar-refractivity contribution is 7.92. The van der Waals surface area contributed by atoms with E-state index in [1.165, 1.54) is 12.1 Å². The lowest BCUT2D eigenvalue weighted by molar-refractivity contribution is 0.584. The maximum atomic E-state index is 13.3. The molecule has 1 aromatic carbocycles. The van der Waals surface area contributed by atoms with Crippen LogP contribution in [-0.2, 0) is 16.6 Å². The van der Waals surface area contributed by atoms with Crippen molar-refractivity contribution in [3.63, 3.8) is 0 Å². The van der Waals surface area contributed by atoms with Gasteiger partial charge in [0, 0.05) is 37.4 Å². The van der Waals surface area contributed by atoms with Crippen LogP contribution in [0.15, 0.2) is 78.5 Å². The normalized spacial score (nSPS) is 11.3. The second kappa shape index (κ2) is 8.48. The van der Waals surface area contributed by atoms with Gasteiger partial charge in [0.25, 0.3) is 10.0 Å². The van der Waals surface area contributed by atoms with Crippen LogP contribution in [0.2, 0.25) is 0 Å². The molecule has 4 aromatic rings. The zero-order valence-electron chi connectivity index (χ0n) is 15.9. The molecular formula is C20H16F2N6O2S. The van der Waals surface area contributed by atoms with E-state index in [1.807, 2.05) is 12.1 Å². The molecule has 158 valence electrons. The molecule has 0 saturated carbocycles. The van der Waals surface area contributed by atoms with Crippen LogP contribution in [0, 0.1) is 11.6 Å². The van der Waals surface area contributed by atoms with E-state index < -0.39 is 21.7 Å². The summed E-state index contributed by atoms with van der Waals surface area (Å²) in [5, 5.41) is 3.07. The van der Waals surface area contributed by atoms with Crippen molar-refractivity contribution in [2.24, 2.45) is 0 Å². The molecule has 2 N–H and O–H groups in total. The van der Waals surface area contributed by atoms with Crippen LogP contribution in [0.1, 0.15) is 5.56 Å². The number of pyridine rings is 2. The summed E-state index contributed by atoms with van der Waals surface area (Å²) in [5.74, 6) is -0.583. The lowest BCUT2D eigenvalue weighted by atomic mass is 10.3. The first-order valence-corrected chi connectivity index (χ1v) is 10.5. The number of imidazole rings is 1. The average Bonchev–Trinajstić information content (AvgIpc) is 3.27. The van der Waals surface area contributed by atoms with Crippen LogP contribution in [0.4, 0.5) is 20.3 Å². The highest BCUT2D eigenvalue weighted by Gasteiger charge is 2.16. The van der Waals surface area contributed by atoms with Gasteiger partial charge in [-0.1, -0.05) is 6.07 Å². The highest BCUT2D eigenvalue weighted by Crippen LogP contribution is 2.19. The van der Waals surface area contributed by atoms with Crippen molar-refractivity contribution in [3.05, 3.63) is 90.8 Å². The number of benzene rings is 1. The Labute approximate surface area is 176 Å². The predicted octanol–water partition coefficient (Wildman–Crippen LogP) is 3.35. The Balaban J connectivity index is 1.39. The number of nitrogens with one attached hydrogen (secondary N) is 2. The van der Waals surface area contributed by atoms with E-state index in [4.69, 9.17) is 0 Å². The maximum Gasteiger partial charge on any atom is 0.263 e. The van der Waals surface area contributed by atoms with E-state index in [0.717, 1.165) is 29.7 Å². The maximum absolute atomic E-state index is 13.3. The fourth-order valence-corrected chi connectivity index (χ4v) is 3.72. The summed E-state index contributed by atoms with van der Waals surface area (Å²) in [6, 6.07) is 9.01. The van der Waals surface area contributed by atoms with E-state index in [2.05, 4.69) is 25.0 Å². The van der Waals surface area contributed by atoms with Crippen molar-refractivity contribution in [2.45, 2.75) is 11.4 Å². The molecule has 0 spiro atoms. The third kappa shape index (κ3) is 5.01. The number of nitrogens with zero attached hydrogens (tertiary/aromatic N) is 4. The van der Waals surface area contributed by atoms with Crippen molar-refractivity contribution >= 4 is 21.5 Å². The van der Waals surface area contributed by atoms with Crippen LogP contribution in [0.25, 0.3) is 5.82 Å². The SMILES string of the molecule is O=S(=O)(Nc1cc(F)cc(F)c1)c1ccc(NCc2ccc(-n3ccnc3)nc2)nc1. The van der Waals surface area contributed by atoms with Gasteiger partial charge < -0.3 is 5.32 Å². The molecule has 31 heavy (non-hydrogen) atoms. The van der Waals surface area contributed by atoms with Crippen molar-refractivity contribution < 1.29 is 17.2 Å². The fourth-order valence-electron chi connectivity index (χ4n) is 2.73. The Morgan fingerprint density at radius 2 is 1.77 bits per heavy atom. The predicted molar refractivity (Wildman–Crippen MR) is 110 cm³/mol. The molecule has 11 heteroatoms. The summed E-state index contributed by atoms with van der Waals surface area (Å²) in [6.45, 7) is 0.428. The molecule has 8 nitrogen and oxygen atoms in total. The van der Waals surface area contributed by atoms with Crippen LogP contribution >= 0.6 is 0 Å². The van der Waals surface area contributed by atoms with E-state index >= 15 is 0 Å². The Morgan fingerprint density at radius 3 is 2.39 bits per heavy atom. The van der Waals surface area contributed by atoms with Gasteiger partial charge in [-0.05, 0) is 35.9 Å². The first-order valence-electron chi connectivity index (χ1n) is 9.01. The molecule has 0 amide bonds. The molecule has 0 aliphatic heterocycles. The number of sulfonamides is 1. The summed E-state index contributed by atoms with van der Waals surface area (Å²) in [5.41, 5.74) is 0.684. The molecule has 0 saturated heterocycles. The molecule has 0 bridgehead atoms. The van der Waals surface area contributed by atoms with Gasteiger partial charge in [-0.25, -0.2) is 32.2 Å². The molecule has 4 rings (SSSR count). The Kier molecular flexibility index (Phi) is 5.58. The molecule has 3 heterocycles. The first kappa shape index (κ1) is 20.4. The van der Waals surface area contributed by atoms with Crippen LogP contribution in [0.3, 0.4) is 0 Å². The van der Waals surface area contributed by atoms with Gasteiger partial charge in [-0.2, -0.15) is 0 Å². The molecule has 0 unspecified atom stereocenters. The minimum Gasteiger partial charge on any atom is -0.366 e. The quantitative estimate of drug-likeness (QED) is 0.455. The number of halogens is 2. The first-order chi connectivity index (χ1) is 14.9. The third-order valence-corrected chi connectivity index (χ3v) is 5.58. The van der Waals surface area contributed by atoms with Crippen molar-refractivity contribution in [2.75, 3.05) is 10.0 Å². The van der Waals surface area contributed by atoms with Gasteiger partial charge in [0.05, 0.1) is 5.69 Å². The van der Waals surface area contributed by atoms with Crippen molar-refractivity contribution in [1.29, 1.82) is 0 Å². The number of aromatic nitrogens is 4. The lowest BCUT2D eigenvalue weighted by Crippen LogP contribution is -2.14. The number of hydrogen-bond donors (Lipinski definition) is 2. The molecule has 3 aromatic heterocycles. The summed E-state index contributed by atoms with van der Waals surface area (Å²) in [7, 11) is -4.05. The third-order valence-electron chi connectivity index (χ3n) is 4.21. The van der Waals surface area contributed by atoms with Gasteiger partial charge in [0.2, 0.25) is 0 Å². The summed E-state index contributed by atoms with van der Waals surface area (Å²) in [6.07, 6.45) is 7.97. The smallest absolute Gasteiger partial charge is 0.263 e. The fraction of sp³-hybridized carbons (Fsp3) is 0.0500. The minimum atomic E-state index is -4.05. The van der Waals surface area contributed by atoms with Gasteiger partial charge in [-0.3, -0.25) is 9.29 Å². The average molecular weight is 442 g/mol. The summed E-state index contributed by atoms with van der Waals surface area (Å²) < 4.78 is 55.3. The Hall–Kier alpha value is -3.86. The van der Waals surface area contributed by atoms with E-state index in [-0.39, 0.29) is 10.6 Å². The molecule has 0 atom stereocenters. The topological polar surface area (TPSA) is 102 Å². The Morgan fingerprint density at radius 1 is 0.968 bits per heavy atom. The number of hydrogen-bond acceptors (Lipinski definition) is 6. The summed E-state index contributed by atoms with van der Waals surface area (Å²) in [4.78, 5) is 12.3. The molecule has 0 radical (unpaired) electrons. The molecule has 0 aliphatic carbocycles. The zero-order chi connectivity index (χ0) is 21.8. The van der Waals surface area contributed by atoms with Gasteiger partial charge in [0.15, 0.2) is 0 Å². The van der Waals surface area contributed by atoms with Crippen molar-refractivity contribution in [3.8, 4) is 5.82 Å². The molecular weight excluding hydrogens is 426 g/mol. The van der Waals surface area contributed by atoms with Crippen LogP contribution in [-0.4, -0.2) is 27.9 Å². The zero-order valence-corrected chi connectivity index (χ0v) is 16.7. The van der Waals surface area contributed by atoms with Crippen molar-refractivity contribution in [1.82, 2.24) is 19.5 Å². The molecule has 0 aliphatic rings. The number of anilines is 2. The van der Waals surface area contributed by atoms with Gasteiger partial charge >= 0.3 is 0 Å². The highest BCUT2D eigenvalue weighted by atomic mass is 32.2. The minimum absolute atomic E-state index is 0.144. The number of rotatable bonds is 7. The summed E-state index contributed by atoms with van der Waals surface area (Å²) >= 11 is 0. The lowest BCUT2D eigenvalue weighted by Gasteiger charge is -2.10. The second-order valence-electron chi connectivity index (χ2n) is 6.49. The van der Waals surface area contributed by atoms with Gasteiger partial charge in [0.1, 0.15) is 34.5 Å². The van der Waals surface area contributed by atoms with E-state index in [0.29, 0.717) is 18.4 Å². The van der Waals surface area contributed by atoms with Crippen LogP contribution in [0.5, 0.6) is 0 Å². The second-order valence-corrected chi connectivity index (χ2v) is 8.17. The van der Waals surface area contributed by atoms with Crippen LogP contribution < -0.4 is 10.0 Å². The monoisotopic (exact) mass is 442 g/mol. The molecule has 0 fully saturated rings. The van der Waals surface area contributed by atoms with E-state index in [9.17, 15) is 17.2 Å². The van der Waals surface area contributed by atoms with Gasteiger partial charge in [-0.15, -0.1) is 0 Å². The Bertz CT molecular complexity index is 1260. The standard InChI is InChI=1S/C20H16F2N6O2S/c21-15-7-16(22)9-17(8-15)27-31(29,30)18-2-3-19(25-12-18)24-10-14-1-4-20(26-11-14)28-6-5-23-13-28/h1-9,11-13,27H,10H2,(H,24,25). The van der Waals surface area contributed by atoms with E-state index in [1.54, 1.807) is 29.5 Å². The largest absolute Gasteiger partial charge is 0.366 e.